The fraction of sp³-hybridized carbons (Fsp3) is 0.455. The quantitative estimate of drug-likeness (QED) is 0.558. The van der Waals surface area contributed by atoms with Crippen molar-refractivity contribution in [3.05, 3.63) is 59.9 Å². The zero-order valence-electron chi connectivity index (χ0n) is 17.8. The summed E-state index contributed by atoms with van der Waals surface area (Å²) in [7, 11) is 1.68. The van der Waals surface area contributed by atoms with Crippen molar-refractivity contribution in [3.8, 4) is 5.75 Å². The van der Waals surface area contributed by atoms with Gasteiger partial charge in [-0.15, -0.1) is 0 Å². The number of hydrogen-bond acceptors (Lipinski definition) is 4. The van der Waals surface area contributed by atoms with Gasteiger partial charge in [0, 0.05) is 46.0 Å². The number of guanidine groups is 1. The smallest absolute Gasteiger partial charge is 0.403 e. The van der Waals surface area contributed by atoms with Gasteiger partial charge in [0.2, 0.25) is 0 Å². The molecule has 1 aliphatic rings. The Kier molecular flexibility index (Phi) is 7.73. The van der Waals surface area contributed by atoms with Crippen molar-refractivity contribution in [2.45, 2.75) is 32.3 Å². The fourth-order valence-corrected chi connectivity index (χ4v) is 3.39. The summed E-state index contributed by atoms with van der Waals surface area (Å²) in [4.78, 5) is 12.0. The maximum Gasteiger partial charge on any atom is 0.403 e. The number of hydrogen-bond donors (Lipinski definition) is 1. The number of alkyl halides is 3. The molecule has 9 heteroatoms. The zero-order valence-corrected chi connectivity index (χ0v) is 17.8. The third-order valence-electron chi connectivity index (χ3n) is 5.33. The van der Waals surface area contributed by atoms with E-state index in [-0.39, 0.29) is 0 Å². The van der Waals surface area contributed by atoms with Crippen LogP contribution in [-0.4, -0.2) is 66.2 Å². The summed E-state index contributed by atoms with van der Waals surface area (Å²) < 4.78 is 44.5. The number of benzene rings is 1. The first-order valence-corrected chi connectivity index (χ1v) is 10.2. The Hall–Kier alpha value is -2.81. The molecular formula is C22H28F3N5O. The largest absolute Gasteiger partial charge is 0.487 e. The van der Waals surface area contributed by atoms with Gasteiger partial charge in [0.15, 0.2) is 5.96 Å². The maximum atomic E-state index is 12.9. The number of nitrogens with one attached hydrogen (secondary N) is 1. The minimum atomic E-state index is -4.20. The monoisotopic (exact) mass is 435 g/mol. The van der Waals surface area contributed by atoms with E-state index in [0.29, 0.717) is 45.3 Å². The minimum absolute atomic E-state index is 0.351. The molecule has 0 saturated carbocycles. The van der Waals surface area contributed by atoms with Crippen molar-refractivity contribution >= 4 is 5.96 Å². The number of nitrogens with zero attached hydrogens (tertiary/aromatic N) is 4. The Labute approximate surface area is 180 Å². The number of ether oxygens (including phenoxy) is 1. The van der Waals surface area contributed by atoms with Gasteiger partial charge in [0.05, 0.1) is 5.69 Å². The Bertz CT molecular complexity index is 834. The summed E-state index contributed by atoms with van der Waals surface area (Å²) in [6.45, 7) is 3.89. The number of pyridine rings is 1. The molecule has 0 aliphatic carbocycles. The first kappa shape index (κ1) is 22.9. The van der Waals surface area contributed by atoms with Crippen molar-refractivity contribution in [1.29, 1.82) is 0 Å². The molecule has 1 unspecified atom stereocenters. The van der Waals surface area contributed by atoms with Gasteiger partial charge in [-0.1, -0.05) is 18.2 Å². The van der Waals surface area contributed by atoms with Crippen LogP contribution in [0.1, 0.15) is 18.2 Å². The van der Waals surface area contributed by atoms with E-state index in [9.17, 15) is 13.2 Å². The fourth-order valence-electron chi connectivity index (χ4n) is 3.39. The van der Waals surface area contributed by atoms with Crippen molar-refractivity contribution in [3.63, 3.8) is 0 Å². The van der Waals surface area contributed by atoms with E-state index in [2.05, 4.69) is 15.3 Å². The standard InChI is InChI=1S/C22H28F3N5O/c1-17(22(23,24)25)29-11-13-30(14-12-29)21(26-2)28-15-18-6-8-20(9-7-18)31-16-19-5-3-4-10-27-19/h3-10,17H,11-16H2,1-2H3,(H,26,28). The van der Waals surface area contributed by atoms with Gasteiger partial charge >= 0.3 is 6.18 Å². The Balaban J connectivity index is 1.45. The Morgan fingerprint density at radius 3 is 2.42 bits per heavy atom. The van der Waals surface area contributed by atoms with E-state index in [1.807, 2.05) is 47.4 Å². The molecule has 0 bridgehead atoms. The molecule has 3 rings (SSSR count). The van der Waals surface area contributed by atoms with Gasteiger partial charge in [0.25, 0.3) is 0 Å². The zero-order chi connectivity index (χ0) is 22.3. The first-order chi connectivity index (χ1) is 14.9. The lowest BCUT2D eigenvalue weighted by molar-refractivity contribution is -0.181. The van der Waals surface area contributed by atoms with Crippen LogP contribution in [0.3, 0.4) is 0 Å². The van der Waals surface area contributed by atoms with Crippen LogP contribution in [0, 0.1) is 0 Å². The third-order valence-corrected chi connectivity index (χ3v) is 5.33. The average Bonchev–Trinajstić information content (AvgIpc) is 2.79. The lowest BCUT2D eigenvalue weighted by atomic mass is 10.2. The SMILES string of the molecule is CN=C(NCc1ccc(OCc2ccccn2)cc1)N1CCN(C(C)C(F)(F)F)CC1. The molecule has 1 saturated heterocycles. The van der Waals surface area contributed by atoms with Crippen LogP contribution < -0.4 is 10.1 Å². The predicted molar refractivity (Wildman–Crippen MR) is 114 cm³/mol. The van der Waals surface area contributed by atoms with E-state index in [4.69, 9.17) is 4.74 Å². The van der Waals surface area contributed by atoms with Crippen LogP contribution in [0.25, 0.3) is 0 Å². The molecule has 1 aliphatic heterocycles. The molecule has 0 amide bonds. The lowest BCUT2D eigenvalue weighted by Crippen LogP contribution is -2.56. The normalized spacial score (nSPS) is 16.8. The van der Waals surface area contributed by atoms with Crippen LogP contribution in [0.2, 0.25) is 0 Å². The predicted octanol–water partition coefficient (Wildman–Crippen LogP) is 3.30. The summed E-state index contributed by atoms with van der Waals surface area (Å²) >= 11 is 0. The van der Waals surface area contributed by atoms with E-state index in [1.165, 1.54) is 11.8 Å². The Morgan fingerprint density at radius 2 is 1.84 bits per heavy atom. The van der Waals surface area contributed by atoms with E-state index < -0.39 is 12.2 Å². The van der Waals surface area contributed by atoms with Crippen molar-refractivity contribution in [2.24, 2.45) is 4.99 Å². The first-order valence-electron chi connectivity index (χ1n) is 10.2. The second kappa shape index (κ2) is 10.5. The number of rotatable bonds is 6. The number of aliphatic imine (C=N–C) groups is 1. The molecule has 0 spiro atoms. The van der Waals surface area contributed by atoms with Crippen LogP contribution in [-0.2, 0) is 13.2 Å². The minimum Gasteiger partial charge on any atom is -0.487 e. The van der Waals surface area contributed by atoms with Gasteiger partial charge in [-0.05, 0) is 36.8 Å². The molecule has 1 aromatic carbocycles. The molecule has 1 fully saturated rings. The highest BCUT2D eigenvalue weighted by Gasteiger charge is 2.41. The van der Waals surface area contributed by atoms with Crippen molar-refractivity contribution in [2.75, 3.05) is 33.2 Å². The van der Waals surface area contributed by atoms with Crippen LogP contribution in [0.5, 0.6) is 5.75 Å². The van der Waals surface area contributed by atoms with Gasteiger partial charge < -0.3 is 15.0 Å². The summed E-state index contributed by atoms with van der Waals surface area (Å²) in [6, 6.07) is 12.0. The summed E-state index contributed by atoms with van der Waals surface area (Å²) in [6.07, 6.45) is -2.47. The molecule has 1 N–H and O–H groups in total. The summed E-state index contributed by atoms with van der Waals surface area (Å²) in [5, 5.41) is 3.29. The maximum absolute atomic E-state index is 12.9. The molecule has 2 aromatic rings. The van der Waals surface area contributed by atoms with Crippen molar-refractivity contribution < 1.29 is 17.9 Å². The van der Waals surface area contributed by atoms with Gasteiger partial charge in [-0.3, -0.25) is 14.9 Å². The van der Waals surface area contributed by atoms with Gasteiger partial charge in [-0.25, -0.2) is 0 Å². The Morgan fingerprint density at radius 1 is 1.13 bits per heavy atom. The van der Waals surface area contributed by atoms with Gasteiger partial charge in [-0.2, -0.15) is 13.2 Å². The number of piperazine rings is 1. The van der Waals surface area contributed by atoms with Crippen LogP contribution in [0.15, 0.2) is 53.7 Å². The highest BCUT2D eigenvalue weighted by atomic mass is 19.4. The van der Waals surface area contributed by atoms with E-state index >= 15 is 0 Å². The van der Waals surface area contributed by atoms with Crippen LogP contribution >= 0.6 is 0 Å². The molecule has 31 heavy (non-hydrogen) atoms. The number of halogens is 3. The summed E-state index contributed by atoms with van der Waals surface area (Å²) in [5.74, 6) is 1.45. The van der Waals surface area contributed by atoms with E-state index in [1.54, 1.807) is 13.2 Å². The highest BCUT2D eigenvalue weighted by Crippen LogP contribution is 2.25. The summed E-state index contributed by atoms with van der Waals surface area (Å²) in [5.41, 5.74) is 1.91. The van der Waals surface area contributed by atoms with Crippen molar-refractivity contribution in [1.82, 2.24) is 20.1 Å². The highest BCUT2D eigenvalue weighted by molar-refractivity contribution is 5.80. The number of aromatic nitrogens is 1. The third kappa shape index (κ3) is 6.58. The second-order valence-corrected chi connectivity index (χ2v) is 7.40. The molecule has 168 valence electrons. The molecule has 1 aromatic heterocycles. The molecule has 2 heterocycles. The van der Waals surface area contributed by atoms with E-state index in [0.717, 1.165) is 17.0 Å². The van der Waals surface area contributed by atoms with Crippen LogP contribution in [0.4, 0.5) is 13.2 Å². The van der Waals surface area contributed by atoms with Gasteiger partial charge in [0.1, 0.15) is 18.4 Å². The average molecular weight is 435 g/mol. The molecule has 0 radical (unpaired) electrons. The molecule has 6 nitrogen and oxygen atoms in total. The lowest BCUT2D eigenvalue weighted by Gasteiger charge is -2.39. The molecular weight excluding hydrogens is 407 g/mol. The second-order valence-electron chi connectivity index (χ2n) is 7.40. The molecule has 1 atom stereocenters. The topological polar surface area (TPSA) is 53.0 Å².